The fraction of sp³-hybridized carbons (Fsp3) is 0.231. The average Bonchev–Trinajstić information content (AvgIpc) is 2.42. The van der Waals surface area contributed by atoms with E-state index >= 15 is 0 Å². The average molecular weight is 308 g/mol. The number of ether oxygens (including phenoxy) is 1. The molecule has 2 rings (SSSR count). The van der Waals surface area contributed by atoms with Gasteiger partial charge in [-0.25, -0.2) is 0 Å². The molecule has 1 aromatic carbocycles. The minimum Gasteiger partial charge on any atom is -0.497 e. The molecule has 0 fully saturated rings. The predicted octanol–water partition coefficient (Wildman–Crippen LogP) is 2.49. The molecule has 0 radical (unpaired) electrons. The number of nitrogens with two attached hydrogens (primary N) is 1. The maximum Gasteiger partial charge on any atom is 0.119 e. The van der Waals surface area contributed by atoms with Gasteiger partial charge in [0.25, 0.3) is 0 Å². The molecule has 0 bridgehead atoms. The third-order valence-electron chi connectivity index (χ3n) is 2.73. The van der Waals surface area contributed by atoms with Crippen LogP contribution in [0.3, 0.4) is 0 Å². The highest BCUT2D eigenvalue weighted by molar-refractivity contribution is 9.10. The molecular formula is C13H14BrN3O. The van der Waals surface area contributed by atoms with E-state index in [1.807, 2.05) is 24.3 Å². The summed E-state index contributed by atoms with van der Waals surface area (Å²) in [6.07, 6.45) is 4.05. The summed E-state index contributed by atoms with van der Waals surface area (Å²) in [6, 6.07) is 7.63. The molecule has 4 nitrogen and oxygen atoms in total. The number of hydrogen-bond acceptors (Lipinski definition) is 4. The molecule has 94 valence electrons. The van der Waals surface area contributed by atoms with Crippen molar-refractivity contribution in [3.8, 4) is 5.75 Å². The molecule has 0 saturated carbocycles. The number of benzene rings is 1. The van der Waals surface area contributed by atoms with Gasteiger partial charge >= 0.3 is 0 Å². The van der Waals surface area contributed by atoms with Crippen molar-refractivity contribution in [2.45, 2.75) is 12.5 Å². The summed E-state index contributed by atoms with van der Waals surface area (Å²) in [6.45, 7) is 0. The van der Waals surface area contributed by atoms with Gasteiger partial charge in [-0.1, -0.05) is 15.9 Å². The summed E-state index contributed by atoms with van der Waals surface area (Å²) in [4.78, 5) is 0. The van der Waals surface area contributed by atoms with E-state index in [0.29, 0.717) is 6.42 Å². The van der Waals surface area contributed by atoms with Gasteiger partial charge in [-0.15, -0.1) is 0 Å². The minimum atomic E-state index is -0.107. The molecule has 0 amide bonds. The van der Waals surface area contributed by atoms with Crippen LogP contribution >= 0.6 is 15.9 Å². The Morgan fingerprint density at radius 1 is 1.33 bits per heavy atom. The van der Waals surface area contributed by atoms with Gasteiger partial charge in [-0.05, 0) is 41.8 Å². The molecule has 1 heterocycles. The quantitative estimate of drug-likeness (QED) is 0.942. The molecule has 2 N–H and O–H groups in total. The molecule has 2 aromatic rings. The van der Waals surface area contributed by atoms with Crippen LogP contribution in [0.25, 0.3) is 0 Å². The summed E-state index contributed by atoms with van der Waals surface area (Å²) in [7, 11) is 1.65. The van der Waals surface area contributed by atoms with Crippen molar-refractivity contribution in [3.63, 3.8) is 0 Å². The molecule has 0 spiro atoms. The number of rotatable bonds is 4. The molecule has 1 atom stereocenters. The first-order chi connectivity index (χ1) is 8.70. The lowest BCUT2D eigenvalue weighted by molar-refractivity contribution is 0.414. The Morgan fingerprint density at radius 2 is 2.17 bits per heavy atom. The second kappa shape index (κ2) is 5.93. The van der Waals surface area contributed by atoms with Crippen LogP contribution in [-0.2, 0) is 6.42 Å². The first kappa shape index (κ1) is 13.0. The highest BCUT2D eigenvalue weighted by atomic mass is 79.9. The van der Waals surface area contributed by atoms with E-state index in [4.69, 9.17) is 10.5 Å². The molecular weight excluding hydrogens is 294 g/mol. The van der Waals surface area contributed by atoms with E-state index in [0.717, 1.165) is 21.3 Å². The van der Waals surface area contributed by atoms with E-state index in [2.05, 4.69) is 26.1 Å². The lowest BCUT2D eigenvalue weighted by Crippen LogP contribution is -2.14. The number of aromatic nitrogens is 2. The smallest absolute Gasteiger partial charge is 0.119 e. The van der Waals surface area contributed by atoms with E-state index in [1.165, 1.54) is 0 Å². The fourth-order valence-corrected chi connectivity index (χ4v) is 2.12. The first-order valence-electron chi connectivity index (χ1n) is 5.55. The van der Waals surface area contributed by atoms with E-state index in [-0.39, 0.29) is 6.04 Å². The molecule has 5 heteroatoms. The molecule has 1 aromatic heterocycles. The van der Waals surface area contributed by atoms with Gasteiger partial charge in [-0.3, -0.25) is 0 Å². The summed E-state index contributed by atoms with van der Waals surface area (Å²) in [5.41, 5.74) is 8.24. The number of methoxy groups -OCH3 is 1. The van der Waals surface area contributed by atoms with Crippen LogP contribution in [-0.4, -0.2) is 17.3 Å². The lowest BCUT2D eigenvalue weighted by atomic mass is 10.0. The normalized spacial score (nSPS) is 12.2. The van der Waals surface area contributed by atoms with Gasteiger partial charge in [-0.2, -0.15) is 10.2 Å². The number of halogens is 1. The third-order valence-corrected chi connectivity index (χ3v) is 3.50. The Bertz CT molecular complexity index is 519. The predicted molar refractivity (Wildman–Crippen MR) is 73.4 cm³/mol. The Kier molecular flexibility index (Phi) is 4.28. The SMILES string of the molecule is COc1ccc(Br)c(CC(N)c2ccnnc2)c1. The van der Waals surface area contributed by atoms with E-state index in [1.54, 1.807) is 19.5 Å². The second-order valence-electron chi connectivity index (χ2n) is 3.94. The zero-order valence-corrected chi connectivity index (χ0v) is 11.6. The first-order valence-corrected chi connectivity index (χ1v) is 6.34. The summed E-state index contributed by atoms with van der Waals surface area (Å²) >= 11 is 3.52. The maximum atomic E-state index is 6.16. The molecule has 0 saturated heterocycles. The largest absolute Gasteiger partial charge is 0.497 e. The van der Waals surface area contributed by atoms with Gasteiger partial charge < -0.3 is 10.5 Å². The standard InChI is InChI=1S/C13H14BrN3O/c1-18-11-2-3-12(14)10(6-11)7-13(15)9-4-5-16-17-8-9/h2-6,8,13H,7,15H2,1H3. The van der Waals surface area contributed by atoms with E-state index in [9.17, 15) is 0 Å². The van der Waals surface area contributed by atoms with Crippen molar-refractivity contribution in [2.24, 2.45) is 5.73 Å². The zero-order valence-electron chi connectivity index (χ0n) is 10.0. The highest BCUT2D eigenvalue weighted by Gasteiger charge is 2.10. The highest BCUT2D eigenvalue weighted by Crippen LogP contribution is 2.26. The molecule has 0 aliphatic heterocycles. The fourth-order valence-electron chi connectivity index (χ4n) is 1.71. The van der Waals surface area contributed by atoms with Crippen LogP contribution in [0.15, 0.2) is 41.1 Å². The molecule has 0 aliphatic rings. The monoisotopic (exact) mass is 307 g/mol. The van der Waals surface area contributed by atoms with Gasteiger partial charge in [0.15, 0.2) is 0 Å². The van der Waals surface area contributed by atoms with Crippen LogP contribution in [0.1, 0.15) is 17.2 Å². The maximum absolute atomic E-state index is 6.16. The minimum absolute atomic E-state index is 0.107. The molecule has 18 heavy (non-hydrogen) atoms. The summed E-state index contributed by atoms with van der Waals surface area (Å²) in [5.74, 6) is 0.827. The van der Waals surface area contributed by atoms with Gasteiger partial charge in [0, 0.05) is 16.7 Å². The Balaban J connectivity index is 2.18. The Labute approximate surface area is 114 Å². The van der Waals surface area contributed by atoms with Crippen LogP contribution in [0.4, 0.5) is 0 Å². The summed E-state index contributed by atoms with van der Waals surface area (Å²) < 4.78 is 6.24. The van der Waals surface area contributed by atoms with Crippen molar-refractivity contribution >= 4 is 15.9 Å². The number of hydrogen-bond donors (Lipinski definition) is 1. The lowest BCUT2D eigenvalue weighted by Gasteiger charge is -2.13. The van der Waals surface area contributed by atoms with Crippen molar-refractivity contribution in [1.82, 2.24) is 10.2 Å². The third kappa shape index (κ3) is 3.05. The van der Waals surface area contributed by atoms with E-state index < -0.39 is 0 Å². The Morgan fingerprint density at radius 3 is 2.83 bits per heavy atom. The van der Waals surface area contributed by atoms with Gasteiger partial charge in [0.05, 0.1) is 13.3 Å². The van der Waals surface area contributed by atoms with Gasteiger partial charge in [0.2, 0.25) is 0 Å². The zero-order chi connectivity index (χ0) is 13.0. The van der Waals surface area contributed by atoms with Crippen molar-refractivity contribution in [3.05, 3.63) is 52.3 Å². The van der Waals surface area contributed by atoms with Crippen molar-refractivity contribution in [2.75, 3.05) is 7.11 Å². The summed E-state index contributed by atoms with van der Waals surface area (Å²) in [5, 5.41) is 7.58. The van der Waals surface area contributed by atoms with Crippen LogP contribution in [0.2, 0.25) is 0 Å². The van der Waals surface area contributed by atoms with Crippen LogP contribution < -0.4 is 10.5 Å². The van der Waals surface area contributed by atoms with Crippen molar-refractivity contribution < 1.29 is 4.74 Å². The van der Waals surface area contributed by atoms with Crippen molar-refractivity contribution in [1.29, 1.82) is 0 Å². The van der Waals surface area contributed by atoms with Gasteiger partial charge in [0.1, 0.15) is 5.75 Å². The second-order valence-corrected chi connectivity index (χ2v) is 4.80. The van der Waals surface area contributed by atoms with Crippen LogP contribution in [0.5, 0.6) is 5.75 Å². The Hall–Kier alpha value is -1.46. The topological polar surface area (TPSA) is 61.0 Å². The van der Waals surface area contributed by atoms with Crippen LogP contribution in [0, 0.1) is 0 Å². The number of nitrogens with zero attached hydrogens (tertiary/aromatic N) is 2. The molecule has 1 unspecified atom stereocenters. The molecule has 0 aliphatic carbocycles.